The van der Waals surface area contributed by atoms with Crippen LogP contribution in [0.1, 0.15) is 15.9 Å². The smallest absolute Gasteiger partial charge is 0.339 e. The van der Waals surface area contributed by atoms with E-state index in [-0.39, 0.29) is 10.6 Å². The van der Waals surface area contributed by atoms with Crippen LogP contribution in [0, 0.1) is 0 Å². The van der Waals surface area contributed by atoms with Gasteiger partial charge in [0.15, 0.2) is 5.75 Å². The molecule has 0 aliphatic rings. The lowest BCUT2D eigenvalue weighted by molar-refractivity contribution is 0.0955. The summed E-state index contributed by atoms with van der Waals surface area (Å²) in [5.41, 5.74) is 3.15. The maximum Gasteiger partial charge on any atom is 0.339 e. The summed E-state index contributed by atoms with van der Waals surface area (Å²) in [5, 5.41) is 3.91. The summed E-state index contributed by atoms with van der Waals surface area (Å²) >= 11 is 3.33. The number of carbonyl (C=O) groups is 1. The van der Waals surface area contributed by atoms with Crippen molar-refractivity contribution in [3.05, 3.63) is 88.4 Å². The second kappa shape index (κ2) is 9.55. The maximum atomic E-state index is 12.5. The zero-order valence-electron chi connectivity index (χ0n) is 15.8. The summed E-state index contributed by atoms with van der Waals surface area (Å²) in [5.74, 6) is 0.276. The Morgan fingerprint density at radius 2 is 1.73 bits per heavy atom. The van der Waals surface area contributed by atoms with E-state index < -0.39 is 16.0 Å². The molecule has 0 saturated carbocycles. The first-order valence-corrected chi connectivity index (χ1v) is 10.9. The fourth-order valence-corrected chi connectivity index (χ4v) is 3.77. The first-order chi connectivity index (χ1) is 14.4. The van der Waals surface area contributed by atoms with Crippen molar-refractivity contribution < 1.29 is 22.1 Å². The average molecular weight is 489 g/mol. The number of nitrogens with one attached hydrogen (secondary N) is 1. The van der Waals surface area contributed by atoms with Crippen LogP contribution < -0.4 is 14.3 Å². The molecule has 0 radical (unpaired) electrons. The summed E-state index contributed by atoms with van der Waals surface area (Å²) in [6.45, 7) is 0. The number of nitrogens with zero attached hydrogens (tertiary/aromatic N) is 1. The van der Waals surface area contributed by atoms with E-state index in [9.17, 15) is 13.2 Å². The van der Waals surface area contributed by atoms with Crippen LogP contribution >= 0.6 is 15.9 Å². The van der Waals surface area contributed by atoms with Gasteiger partial charge in [-0.2, -0.15) is 13.5 Å². The van der Waals surface area contributed by atoms with Crippen LogP contribution in [0.25, 0.3) is 0 Å². The minimum atomic E-state index is -4.02. The molecule has 7 nitrogen and oxygen atoms in total. The topological polar surface area (TPSA) is 94.1 Å². The first kappa shape index (κ1) is 21.5. The van der Waals surface area contributed by atoms with Crippen molar-refractivity contribution >= 4 is 38.2 Å². The van der Waals surface area contributed by atoms with Crippen LogP contribution in [0.2, 0.25) is 0 Å². The Balaban J connectivity index is 1.77. The Morgan fingerprint density at radius 3 is 2.40 bits per heavy atom. The minimum absolute atomic E-state index is 0.0311. The molecule has 0 unspecified atom stereocenters. The summed E-state index contributed by atoms with van der Waals surface area (Å²) in [6.07, 6.45) is 1.31. The maximum absolute atomic E-state index is 12.5. The fraction of sp³-hybridized carbons (Fsp3) is 0.0476. The highest BCUT2D eigenvalue weighted by Gasteiger charge is 2.18. The van der Waals surface area contributed by atoms with Crippen LogP contribution in [0.5, 0.6) is 11.5 Å². The number of rotatable bonds is 7. The van der Waals surface area contributed by atoms with Gasteiger partial charge in [0.25, 0.3) is 5.91 Å². The van der Waals surface area contributed by atoms with E-state index >= 15 is 0 Å². The van der Waals surface area contributed by atoms with Gasteiger partial charge in [0, 0.05) is 15.6 Å². The highest BCUT2D eigenvalue weighted by atomic mass is 79.9. The third kappa shape index (κ3) is 5.46. The lowest BCUT2D eigenvalue weighted by Gasteiger charge is -2.10. The Hall–Kier alpha value is -3.17. The molecule has 0 heterocycles. The van der Waals surface area contributed by atoms with Crippen molar-refractivity contribution in [1.29, 1.82) is 0 Å². The molecule has 9 heteroatoms. The van der Waals surface area contributed by atoms with Crippen molar-refractivity contribution in [3.63, 3.8) is 0 Å². The zero-order valence-corrected chi connectivity index (χ0v) is 18.2. The van der Waals surface area contributed by atoms with Gasteiger partial charge in [0.1, 0.15) is 10.6 Å². The van der Waals surface area contributed by atoms with Crippen LogP contribution in [-0.4, -0.2) is 27.6 Å². The number of hydrogen-bond donors (Lipinski definition) is 1. The van der Waals surface area contributed by atoms with Crippen LogP contribution in [0.15, 0.2) is 87.3 Å². The second-order valence-corrected chi connectivity index (χ2v) is 8.42. The third-order valence-corrected chi connectivity index (χ3v) is 5.67. The largest absolute Gasteiger partial charge is 0.497 e. The van der Waals surface area contributed by atoms with Gasteiger partial charge in [-0.3, -0.25) is 4.79 Å². The van der Waals surface area contributed by atoms with E-state index in [2.05, 4.69) is 26.5 Å². The lowest BCUT2D eigenvalue weighted by atomic mass is 10.2. The van der Waals surface area contributed by atoms with E-state index in [1.807, 2.05) is 0 Å². The van der Waals surface area contributed by atoms with Gasteiger partial charge in [-0.15, -0.1) is 0 Å². The van der Waals surface area contributed by atoms with E-state index in [0.717, 1.165) is 0 Å². The molecule has 0 aliphatic carbocycles. The van der Waals surface area contributed by atoms with Crippen molar-refractivity contribution in [1.82, 2.24) is 5.43 Å². The Bertz CT molecular complexity index is 1160. The SMILES string of the molecule is COc1ccc(C(=O)NN=Cc2cc(Br)ccc2OS(=O)(=O)c2ccccc2)cc1. The van der Waals surface area contributed by atoms with Gasteiger partial charge < -0.3 is 8.92 Å². The number of benzene rings is 3. The van der Waals surface area contributed by atoms with E-state index in [0.29, 0.717) is 21.3 Å². The molecule has 154 valence electrons. The van der Waals surface area contributed by atoms with Gasteiger partial charge in [-0.05, 0) is 54.6 Å². The standard InChI is InChI=1S/C21H17BrN2O5S/c1-28-18-10-7-15(8-11-18)21(25)24-23-14-16-13-17(22)9-12-20(16)29-30(26,27)19-5-3-2-4-6-19/h2-14H,1H3,(H,24,25). The Morgan fingerprint density at radius 1 is 1.03 bits per heavy atom. The molecular weight excluding hydrogens is 472 g/mol. The number of hydrazone groups is 1. The van der Waals surface area contributed by atoms with Gasteiger partial charge in [0.2, 0.25) is 0 Å². The summed E-state index contributed by atoms with van der Waals surface area (Å²) in [6, 6.07) is 19.1. The quantitative estimate of drug-likeness (QED) is 0.308. The monoisotopic (exact) mass is 488 g/mol. The normalized spacial score (nSPS) is 11.3. The number of methoxy groups -OCH3 is 1. The number of ether oxygens (including phenoxy) is 1. The number of hydrogen-bond acceptors (Lipinski definition) is 6. The van der Waals surface area contributed by atoms with Crippen LogP contribution in [0.3, 0.4) is 0 Å². The molecule has 0 aliphatic heterocycles. The molecule has 0 spiro atoms. The highest BCUT2D eigenvalue weighted by Crippen LogP contribution is 2.25. The fourth-order valence-electron chi connectivity index (χ4n) is 2.42. The molecule has 3 aromatic carbocycles. The van der Waals surface area contributed by atoms with Gasteiger partial charge >= 0.3 is 10.1 Å². The van der Waals surface area contributed by atoms with Crippen molar-refractivity contribution in [3.8, 4) is 11.5 Å². The van der Waals surface area contributed by atoms with Crippen molar-refractivity contribution in [2.75, 3.05) is 7.11 Å². The number of amides is 1. The lowest BCUT2D eigenvalue weighted by Crippen LogP contribution is -2.17. The number of halogens is 1. The molecule has 0 aromatic heterocycles. The summed E-state index contributed by atoms with van der Waals surface area (Å²) in [7, 11) is -2.48. The predicted octanol–water partition coefficient (Wildman–Crippen LogP) is 3.99. The molecule has 1 N–H and O–H groups in total. The molecule has 0 fully saturated rings. The van der Waals surface area contributed by atoms with Gasteiger partial charge in [0.05, 0.1) is 13.3 Å². The summed E-state index contributed by atoms with van der Waals surface area (Å²) in [4.78, 5) is 12.2. The minimum Gasteiger partial charge on any atom is -0.497 e. The molecule has 30 heavy (non-hydrogen) atoms. The van der Waals surface area contributed by atoms with Crippen molar-refractivity contribution in [2.24, 2.45) is 5.10 Å². The Kier molecular flexibility index (Phi) is 6.86. The molecule has 3 rings (SSSR count). The molecule has 3 aromatic rings. The molecule has 1 amide bonds. The van der Waals surface area contributed by atoms with Crippen molar-refractivity contribution in [2.45, 2.75) is 4.90 Å². The first-order valence-electron chi connectivity index (χ1n) is 8.65. The molecular formula is C21H17BrN2O5S. The third-order valence-electron chi connectivity index (χ3n) is 3.93. The predicted molar refractivity (Wildman–Crippen MR) is 116 cm³/mol. The highest BCUT2D eigenvalue weighted by molar-refractivity contribution is 9.10. The Labute approximate surface area is 182 Å². The van der Waals surface area contributed by atoms with Gasteiger partial charge in [-0.25, -0.2) is 5.43 Å². The summed E-state index contributed by atoms with van der Waals surface area (Å²) < 4.78 is 36.0. The molecule has 0 saturated heterocycles. The van der Waals surface area contributed by atoms with E-state index in [1.54, 1.807) is 54.6 Å². The zero-order chi connectivity index (χ0) is 21.6. The van der Waals surface area contributed by atoms with E-state index in [4.69, 9.17) is 8.92 Å². The van der Waals surface area contributed by atoms with Crippen LogP contribution in [0.4, 0.5) is 0 Å². The van der Waals surface area contributed by atoms with Gasteiger partial charge in [-0.1, -0.05) is 34.1 Å². The average Bonchev–Trinajstić information content (AvgIpc) is 2.76. The number of carbonyl (C=O) groups excluding carboxylic acids is 1. The molecule has 0 atom stereocenters. The second-order valence-electron chi connectivity index (χ2n) is 5.96. The van der Waals surface area contributed by atoms with E-state index in [1.165, 1.54) is 31.5 Å². The molecule has 0 bridgehead atoms. The van der Waals surface area contributed by atoms with Crippen LogP contribution in [-0.2, 0) is 10.1 Å².